The zero-order chi connectivity index (χ0) is 13.5. The lowest BCUT2D eigenvalue weighted by Gasteiger charge is -2.15. The third kappa shape index (κ3) is 4.81. The molecule has 5 heteroatoms. The van der Waals surface area contributed by atoms with Crippen molar-refractivity contribution in [3.63, 3.8) is 0 Å². The van der Waals surface area contributed by atoms with Crippen LogP contribution in [0.2, 0.25) is 0 Å². The highest BCUT2D eigenvalue weighted by molar-refractivity contribution is 5.33. The highest BCUT2D eigenvalue weighted by atomic mass is 16.6. The molecule has 100 valence electrons. The van der Waals surface area contributed by atoms with Crippen LogP contribution in [-0.2, 0) is 4.74 Å². The average molecular weight is 252 g/mol. The largest absolute Gasteiger partial charge is 0.377 e. The summed E-state index contributed by atoms with van der Waals surface area (Å²) in [7, 11) is 0. The Kier molecular flexibility index (Phi) is 5.74. The van der Waals surface area contributed by atoms with Gasteiger partial charge in [-0.05, 0) is 26.3 Å². The van der Waals surface area contributed by atoms with E-state index in [1.807, 2.05) is 20.8 Å². The Morgan fingerprint density at radius 3 is 2.39 bits per heavy atom. The van der Waals surface area contributed by atoms with Crippen LogP contribution in [0.25, 0.3) is 0 Å². The molecule has 0 spiro atoms. The lowest BCUT2D eigenvalue weighted by atomic mass is 10.1. The van der Waals surface area contributed by atoms with Crippen LogP contribution in [0, 0.1) is 10.1 Å². The number of non-ortho nitro benzene ring substituents is 1. The Morgan fingerprint density at radius 2 is 1.89 bits per heavy atom. The van der Waals surface area contributed by atoms with Gasteiger partial charge in [0.25, 0.3) is 5.69 Å². The first-order chi connectivity index (χ1) is 8.50. The molecule has 5 nitrogen and oxygen atoms in total. The topological polar surface area (TPSA) is 64.4 Å². The van der Waals surface area contributed by atoms with Crippen LogP contribution in [0.15, 0.2) is 24.3 Å². The van der Waals surface area contributed by atoms with Gasteiger partial charge in [-0.2, -0.15) is 0 Å². The van der Waals surface area contributed by atoms with Gasteiger partial charge in [-0.25, -0.2) is 0 Å². The minimum absolute atomic E-state index is 0.120. The van der Waals surface area contributed by atoms with Gasteiger partial charge in [-0.1, -0.05) is 12.1 Å². The zero-order valence-electron chi connectivity index (χ0n) is 11.1. The van der Waals surface area contributed by atoms with Crippen LogP contribution in [0.1, 0.15) is 32.4 Å². The van der Waals surface area contributed by atoms with E-state index in [0.29, 0.717) is 6.61 Å². The molecule has 1 N–H and O–H groups in total. The number of ether oxygens (including phenoxy) is 1. The second-order valence-electron chi connectivity index (χ2n) is 4.44. The van der Waals surface area contributed by atoms with Crippen molar-refractivity contribution in [1.29, 1.82) is 0 Å². The summed E-state index contributed by atoms with van der Waals surface area (Å²) in [5.41, 5.74) is 1.15. The van der Waals surface area contributed by atoms with Crippen LogP contribution in [-0.4, -0.2) is 24.2 Å². The Hall–Kier alpha value is -1.46. The number of nitrogens with zero attached hydrogens (tertiary/aromatic N) is 1. The summed E-state index contributed by atoms with van der Waals surface area (Å²) >= 11 is 0. The monoisotopic (exact) mass is 252 g/mol. The van der Waals surface area contributed by atoms with Gasteiger partial charge < -0.3 is 10.1 Å². The van der Waals surface area contributed by atoms with Crippen molar-refractivity contribution in [1.82, 2.24) is 5.32 Å². The van der Waals surface area contributed by atoms with Gasteiger partial charge in [-0.15, -0.1) is 0 Å². The Balaban J connectivity index is 2.41. The minimum atomic E-state index is -0.391. The van der Waals surface area contributed by atoms with Crippen molar-refractivity contribution in [3.8, 4) is 0 Å². The number of benzene rings is 1. The first kappa shape index (κ1) is 14.6. The van der Waals surface area contributed by atoms with Gasteiger partial charge in [0.2, 0.25) is 0 Å². The molecule has 0 aromatic heterocycles. The maximum absolute atomic E-state index is 10.5. The van der Waals surface area contributed by atoms with Crippen LogP contribution >= 0.6 is 0 Å². The lowest BCUT2D eigenvalue weighted by Crippen LogP contribution is -2.24. The summed E-state index contributed by atoms with van der Waals surface area (Å²) in [5.74, 6) is 0. The predicted octanol–water partition coefficient (Wildman–Crippen LogP) is 2.67. The van der Waals surface area contributed by atoms with Crippen LogP contribution in [0.5, 0.6) is 0 Å². The van der Waals surface area contributed by atoms with E-state index in [0.717, 1.165) is 12.1 Å². The summed E-state index contributed by atoms with van der Waals surface area (Å²) in [6, 6.07) is 6.76. The Bertz CT molecular complexity index is 376. The molecule has 0 aliphatic rings. The molecule has 0 amide bonds. The van der Waals surface area contributed by atoms with Crippen molar-refractivity contribution >= 4 is 5.69 Å². The fraction of sp³-hybridized carbons (Fsp3) is 0.538. The van der Waals surface area contributed by atoms with Crippen LogP contribution in [0.3, 0.4) is 0 Å². The average Bonchev–Trinajstić information content (AvgIpc) is 2.34. The van der Waals surface area contributed by atoms with E-state index in [1.165, 1.54) is 12.1 Å². The molecule has 1 rings (SSSR count). The minimum Gasteiger partial charge on any atom is -0.377 e. The molecule has 0 aliphatic heterocycles. The number of nitrogens with one attached hydrogen (secondary N) is 1. The summed E-state index contributed by atoms with van der Waals surface area (Å²) in [4.78, 5) is 10.1. The van der Waals surface area contributed by atoms with E-state index in [-0.39, 0.29) is 17.8 Å². The van der Waals surface area contributed by atoms with E-state index < -0.39 is 4.92 Å². The van der Waals surface area contributed by atoms with Crippen molar-refractivity contribution in [3.05, 3.63) is 39.9 Å². The molecule has 0 heterocycles. The van der Waals surface area contributed by atoms with Gasteiger partial charge in [0.1, 0.15) is 0 Å². The molecular weight excluding hydrogens is 232 g/mol. The number of nitro benzene ring substituents is 1. The van der Waals surface area contributed by atoms with E-state index in [9.17, 15) is 10.1 Å². The van der Waals surface area contributed by atoms with Crippen molar-refractivity contribution in [2.75, 3.05) is 13.2 Å². The van der Waals surface area contributed by atoms with Crippen molar-refractivity contribution in [2.24, 2.45) is 0 Å². The highest BCUT2D eigenvalue weighted by Gasteiger charge is 2.08. The van der Waals surface area contributed by atoms with Crippen molar-refractivity contribution < 1.29 is 9.66 Å². The van der Waals surface area contributed by atoms with Gasteiger partial charge in [-0.3, -0.25) is 10.1 Å². The molecule has 18 heavy (non-hydrogen) atoms. The number of nitro groups is 1. The van der Waals surface area contributed by atoms with Gasteiger partial charge in [0, 0.05) is 24.7 Å². The zero-order valence-corrected chi connectivity index (χ0v) is 11.1. The maximum Gasteiger partial charge on any atom is 0.269 e. The highest BCUT2D eigenvalue weighted by Crippen LogP contribution is 2.17. The predicted molar refractivity (Wildman–Crippen MR) is 70.6 cm³/mol. The Labute approximate surface area is 107 Å². The first-order valence-corrected chi connectivity index (χ1v) is 6.10. The quantitative estimate of drug-likeness (QED) is 0.460. The summed E-state index contributed by atoms with van der Waals surface area (Å²) in [5, 5.41) is 13.8. The SMILES string of the molecule is CC(C)OCCNC(C)c1ccc([N+](=O)[O-])cc1. The number of rotatable bonds is 7. The second-order valence-corrected chi connectivity index (χ2v) is 4.44. The molecule has 0 saturated heterocycles. The van der Waals surface area contributed by atoms with Gasteiger partial charge in [0.05, 0.1) is 17.6 Å². The van der Waals surface area contributed by atoms with E-state index >= 15 is 0 Å². The molecule has 0 fully saturated rings. The Morgan fingerprint density at radius 1 is 1.28 bits per heavy atom. The lowest BCUT2D eigenvalue weighted by molar-refractivity contribution is -0.384. The van der Waals surface area contributed by atoms with Gasteiger partial charge >= 0.3 is 0 Å². The summed E-state index contributed by atoms with van der Waals surface area (Å²) in [6.45, 7) is 7.45. The fourth-order valence-corrected chi connectivity index (χ4v) is 1.57. The molecule has 0 bridgehead atoms. The molecule has 1 aromatic rings. The molecule has 1 atom stereocenters. The van der Waals surface area contributed by atoms with E-state index in [4.69, 9.17) is 4.74 Å². The molecule has 0 saturated carbocycles. The normalized spacial score (nSPS) is 12.7. The second kappa shape index (κ2) is 7.08. The standard InChI is InChI=1S/C13H20N2O3/c1-10(2)18-9-8-14-11(3)12-4-6-13(7-5-12)15(16)17/h4-7,10-11,14H,8-9H2,1-3H3. The number of hydrogen-bond acceptors (Lipinski definition) is 4. The van der Waals surface area contributed by atoms with Crippen LogP contribution < -0.4 is 5.32 Å². The van der Waals surface area contributed by atoms with Crippen molar-refractivity contribution in [2.45, 2.75) is 32.9 Å². The summed E-state index contributed by atoms with van der Waals surface area (Å²) in [6.07, 6.45) is 0.237. The van der Waals surface area contributed by atoms with E-state index in [1.54, 1.807) is 12.1 Å². The molecule has 1 aromatic carbocycles. The molecule has 0 radical (unpaired) electrons. The first-order valence-electron chi connectivity index (χ1n) is 6.10. The third-order valence-electron chi connectivity index (χ3n) is 2.61. The summed E-state index contributed by atoms with van der Waals surface area (Å²) < 4.78 is 5.43. The number of hydrogen-bond donors (Lipinski definition) is 1. The van der Waals surface area contributed by atoms with E-state index in [2.05, 4.69) is 5.32 Å². The van der Waals surface area contributed by atoms with Gasteiger partial charge in [0.15, 0.2) is 0 Å². The fourth-order valence-electron chi connectivity index (χ4n) is 1.57. The molecule has 1 unspecified atom stereocenters. The maximum atomic E-state index is 10.5. The molecular formula is C13H20N2O3. The third-order valence-corrected chi connectivity index (χ3v) is 2.61. The molecule has 0 aliphatic carbocycles. The smallest absolute Gasteiger partial charge is 0.269 e. The van der Waals surface area contributed by atoms with Crippen LogP contribution in [0.4, 0.5) is 5.69 Å².